The zero-order chi connectivity index (χ0) is 12.6. The fourth-order valence-electron chi connectivity index (χ4n) is 2.53. The van der Waals surface area contributed by atoms with Crippen LogP contribution in [0.1, 0.15) is 19.3 Å². The first-order valence-electron chi connectivity index (χ1n) is 7.13. The summed E-state index contributed by atoms with van der Waals surface area (Å²) >= 11 is 0. The molecule has 1 amide bonds. The predicted molar refractivity (Wildman–Crippen MR) is 70.5 cm³/mol. The van der Waals surface area contributed by atoms with E-state index in [-0.39, 0.29) is 5.91 Å². The van der Waals surface area contributed by atoms with E-state index in [2.05, 4.69) is 10.6 Å². The molecule has 2 N–H and O–H groups in total. The van der Waals surface area contributed by atoms with Gasteiger partial charge in [0.2, 0.25) is 5.91 Å². The molecular weight excluding hydrogens is 230 g/mol. The summed E-state index contributed by atoms with van der Waals surface area (Å²) in [6.45, 7) is 7.12. The number of nitrogens with zero attached hydrogens (tertiary/aromatic N) is 1. The zero-order valence-electron chi connectivity index (χ0n) is 11.1. The van der Waals surface area contributed by atoms with Crippen LogP contribution in [0, 0.1) is 5.92 Å². The summed E-state index contributed by atoms with van der Waals surface area (Å²) in [6.07, 6.45) is 2.93. The van der Waals surface area contributed by atoms with Crippen LogP contribution in [0.4, 0.5) is 0 Å². The Balaban J connectivity index is 1.52. The molecule has 0 spiro atoms. The van der Waals surface area contributed by atoms with Crippen molar-refractivity contribution in [3.8, 4) is 0 Å². The minimum Gasteiger partial charge on any atom is -0.381 e. The van der Waals surface area contributed by atoms with Gasteiger partial charge < -0.3 is 20.3 Å². The second kappa shape index (κ2) is 7.71. The van der Waals surface area contributed by atoms with E-state index in [4.69, 9.17) is 4.74 Å². The molecule has 2 rings (SSSR count). The number of ether oxygens (including phenoxy) is 1. The second-order valence-electron chi connectivity index (χ2n) is 5.15. The van der Waals surface area contributed by atoms with Crippen LogP contribution in [0.3, 0.4) is 0 Å². The molecule has 0 aromatic carbocycles. The highest BCUT2D eigenvalue weighted by molar-refractivity contribution is 5.76. The third-order valence-corrected chi connectivity index (χ3v) is 3.74. The first kappa shape index (κ1) is 13.8. The Kier molecular flexibility index (Phi) is 5.90. The van der Waals surface area contributed by atoms with Gasteiger partial charge in [-0.3, -0.25) is 4.79 Å². The average molecular weight is 255 g/mol. The number of carbonyl (C=O) groups excluding carboxylic acids is 1. The molecule has 0 saturated carbocycles. The lowest BCUT2D eigenvalue weighted by Gasteiger charge is -2.27. The predicted octanol–water partition coefficient (Wildman–Crippen LogP) is -0.175. The van der Waals surface area contributed by atoms with E-state index in [0.717, 1.165) is 45.9 Å². The average Bonchev–Trinajstić information content (AvgIpc) is 2.45. The fourth-order valence-corrected chi connectivity index (χ4v) is 2.53. The molecular formula is C13H25N3O2. The monoisotopic (exact) mass is 255 g/mol. The number of hydrogen-bond acceptors (Lipinski definition) is 4. The lowest BCUT2D eigenvalue weighted by molar-refractivity contribution is -0.133. The molecule has 2 heterocycles. The quantitative estimate of drug-likeness (QED) is 0.670. The van der Waals surface area contributed by atoms with Crippen LogP contribution in [0.2, 0.25) is 0 Å². The molecule has 104 valence electrons. The number of rotatable bonds is 5. The first-order chi connectivity index (χ1) is 8.86. The third kappa shape index (κ3) is 4.55. The summed E-state index contributed by atoms with van der Waals surface area (Å²) in [5.74, 6) is 0.919. The van der Waals surface area contributed by atoms with E-state index in [0.29, 0.717) is 18.9 Å². The normalized spacial score (nSPS) is 22.1. The molecule has 5 heteroatoms. The van der Waals surface area contributed by atoms with Crippen molar-refractivity contribution in [2.24, 2.45) is 5.92 Å². The molecule has 5 nitrogen and oxygen atoms in total. The van der Waals surface area contributed by atoms with Gasteiger partial charge in [0.1, 0.15) is 0 Å². The number of nitrogens with one attached hydrogen (secondary N) is 2. The highest BCUT2D eigenvalue weighted by Crippen LogP contribution is 2.11. The number of hydrogen-bond donors (Lipinski definition) is 2. The van der Waals surface area contributed by atoms with Crippen LogP contribution in [0.5, 0.6) is 0 Å². The SMILES string of the molecule is O=C(CCOCC1CCNCC1)N1CCNCC1. The van der Waals surface area contributed by atoms with Crippen LogP contribution in [-0.4, -0.2) is 63.3 Å². The van der Waals surface area contributed by atoms with Crippen molar-refractivity contribution in [3.63, 3.8) is 0 Å². The molecule has 2 fully saturated rings. The maximum atomic E-state index is 11.9. The second-order valence-corrected chi connectivity index (χ2v) is 5.15. The molecule has 18 heavy (non-hydrogen) atoms. The van der Waals surface area contributed by atoms with E-state index < -0.39 is 0 Å². The van der Waals surface area contributed by atoms with Gasteiger partial charge in [-0.25, -0.2) is 0 Å². The molecule has 0 atom stereocenters. The van der Waals surface area contributed by atoms with Gasteiger partial charge in [0, 0.05) is 32.8 Å². The smallest absolute Gasteiger partial charge is 0.224 e. The summed E-state index contributed by atoms with van der Waals surface area (Å²) in [5.41, 5.74) is 0. The van der Waals surface area contributed by atoms with E-state index in [1.807, 2.05) is 4.90 Å². The van der Waals surface area contributed by atoms with Gasteiger partial charge in [-0.1, -0.05) is 0 Å². The van der Waals surface area contributed by atoms with E-state index >= 15 is 0 Å². The minimum absolute atomic E-state index is 0.238. The number of piperazine rings is 1. The van der Waals surface area contributed by atoms with Crippen LogP contribution >= 0.6 is 0 Å². The van der Waals surface area contributed by atoms with Gasteiger partial charge in [-0.15, -0.1) is 0 Å². The molecule has 0 aliphatic carbocycles. The highest BCUT2D eigenvalue weighted by Gasteiger charge is 2.16. The Labute approximate surface area is 109 Å². The molecule has 0 aromatic heterocycles. The van der Waals surface area contributed by atoms with Gasteiger partial charge in [-0.2, -0.15) is 0 Å². The lowest BCUT2D eigenvalue weighted by atomic mass is 9.99. The van der Waals surface area contributed by atoms with Crippen LogP contribution in [0.15, 0.2) is 0 Å². The number of piperidine rings is 1. The van der Waals surface area contributed by atoms with Gasteiger partial charge in [0.25, 0.3) is 0 Å². The van der Waals surface area contributed by atoms with Crippen LogP contribution in [-0.2, 0) is 9.53 Å². The van der Waals surface area contributed by atoms with Crippen molar-refractivity contribution >= 4 is 5.91 Å². The molecule has 2 saturated heterocycles. The number of carbonyl (C=O) groups is 1. The van der Waals surface area contributed by atoms with Crippen molar-refractivity contribution in [1.82, 2.24) is 15.5 Å². The summed E-state index contributed by atoms with van der Waals surface area (Å²) in [4.78, 5) is 13.8. The largest absolute Gasteiger partial charge is 0.381 e. The van der Waals surface area contributed by atoms with Crippen LogP contribution in [0.25, 0.3) is 0 Å². The van der Waals surface area contributed by atoms with Crippen molar-refractivity contribution in [1.29, 1.82) is 0 Å². The van der Waals surface area contributed by atoms with Gasteiger partial charge in [-0.05, 0) is 31.8 Å². The standard InChI is InChI=1S/C13H25N3O2/c17-13(16-8-6-15-7-9-16)3-10-18-11-12-1-4-14-5-2-12/h12,14-15H,1-11H2. The van der Waals surface area contributed by atoms with Gasteiger partial charge in [0.15, 0.2) is 0 Å². The maximum Gasteiger partial charge on any atom is 0.224 e. The fraction of sp³-hybridized carbons (Fsp3) is 0.923. The highest BCUT2D eigenvalue weighted by atomic mass is 16.5. The molecule has 0 aromatic rings. The molecule has 2 aliphatic rings. The Morgan fingerprint density at radius 2 is 1.78 bits per heavy atom. The van der Waals surface area contributed by atoms with Crippen molar-refractivity contribution in [2.75, 3.05) is 52.5 Å². The van der Waals surface area contributed by atoms with E-state index in [1.165, 1.54) is 12.8 Å². The zero-order valence-corrected chi connectivity index (χ0v) is 11.1. The Morgan fingerprint density at radius 3 is 2.50 bits per heavy atom. The van der Waals surface area contributed by atoms with Crippen molar-refractivity contribution in [3.05, 3.63) is 0 Å². The molecule has 0 radical (unpaired) electrons. The Hall–Kier alpha value is -0.650. The molecule has 0 unspecified atom stereocenters. The molecule has 2 aliphatic heterocycles. The van der Waals surface area contributed by atoms with Crippen molar-refractivity contribution < 1.29 is 9.53 Å². The van der Waals surface area contributed by atoms with Gasteiger partial charge in [0.05, 0.1) is 13.0 Å². The summed E-state index contributed by atoms with van der Waals surface area (Å²) < 4.78 is 5.64. The minimum atomic E-state index is 0.238. The lowest BCUT2D eigenvalue weighted by Crippen LogP contribution is -2.46. The Bertz CT molecular complexity index is 249. The van der Waals surface area contributed by atoms with Crippen molar-refractivity contribution in [2.45, 2.75) is 19.3 Å². The Morgan fingerprint density at radius 1 is 1.11 bits per heavy atom. The van der Waals surface area contributed by atoms with Crippen LogP contribution < -0.4 is 10.6 Å². The number of amides is 1. The maximum absolute atomic E-state index is 11.9. The summed E-state index contributed by atoms with van der Waals surface area (Å²) in [6, 6.07) is 0. The summed E-state index contributed by atoms with van der Waals surface area (Å²) in [7, 11) is 0. The first-order valence-corrected chi connectivity index (χ1v) is 7.13. The van der Waals surface area contributed by atoms with E-state index in [9.17, 15) is 4.79 Å². The third-order valence-electron chi connectivity index (χ3n) is 3.74. The van der Waals surface area contributed by atoms with E-state index in [1.54, 1.807) is 0 Å². The summed E-state index contributed by atoms with van der Waals surface area (Å²) in [5, 5.41) is 6.59. The topological polar surface area (TPSA) is 53.6 Å². The van der Waals surface area contributed by atoms with Gasteiger partial charge >= 0.3 is 0 Å². The molecule has 0 bridgehead atoms.